The van der Waals surface area contributed by atoms with Crippen molar-refractivity contribution in [3.63, 3.8) is 0 Å². The van der Waals surface area contributed by atoms with E-state index in [-0.39, 0.29) is 6.61 Å². The lowest BCUT2D eigenvalue weighted by molar-refractivity contribution is 0.127. The molecule has 0 bridgehead atoms. The molecule has 0 aromatic rings. The molecule has 2 heterocycles. The van der Waals surface area contributed by atoms with Gasteiger partial charge in [0.2, 0.25) is 0 Å². The van der Waals surface area contributed by atoms with Crippen LogP contribution in [0.1, 0.15) is 46.0 Å². The van der Waals surface area contributed by atoms with E-state index in [9.17, 15) is 5.11 Å². The Morgan fingerprint density at radius 3 is 2.70 bits per heavy atom. The molecule has 0 aromatic heterocycles. The number of rotatable bonds is 6. The molecular formula is C16H33N3O. The van der Waals surface area contributed by atoms with Crippen molar-refractivity contribution in [3.05, 3.63) is 0 Å². The van der Waals surface area contributed by atoms with Crippen LogP contribution in [0.25, 0.3) is 0 Å². The Kier molecular flexibility index (Phi) is 6.75. The second-order valence-corrected chi connectivity index (χ2v) is 6.73. The van der Waals surface area contributed by atoms with Gasteiger partial charge in [-0.25, -0.2) is 0 Å². The summed E-state index contributed by atoms with van der Waals surface area (Å²) in [6.07, 6.45) is 6.44. The van der Waals surface area contributed by atoms with Gasteiger partial charge < -0.3 is 15.3 Å². The molecule has 4 heteroatoms. The van der Waals surface area contributed by atoms with E-state index in [1.165, 1.54) is 51.7 Å². The topological polar surface area (TPSA) is 38.7 Å². The highest BCUT2D eigenvalue weighted by Crippen LogP contribution is 2.19. The number of hydrogen-bond acceptors (Lipinski definition) is 4. The van der Waals surface area contributed by atoms with Crippen molar-refractivity contribution in [3.8, 4) is 0 Å². The average molecular weight is 283 g/mol. The van der Waals surface area contributed by atoms with Crippen LogP contribution in [0.5, 0.6) is 0 Å². The van der Waals surface area contributed by atoms with Crippen molar-refractivity contribution in [2.45, 2.75) is 64.1 Å². The Bertz CT molecular complexity index is 266. The van der Waals surface area contributed by atoms with E-state index in [4.69, 9.17) is 0 Å². The lowest BCUT2D eigenvalue weighted by Gasteiger charge is -2.33. The summed E-state index contributed by atoms with van der Waals surface area (Å²) in [6, 6.07) is 1.97. The van der Waals surface area contributed by atoms with Crippen molar-refractivity contribution < 1.29 is 5.11 Å². The molecule has 2 N–H and O–H groups in total. The number of aliphatic hydroxyl groups is 1. The summed E-state index contributed by atoms with van der Waals surface area (Å²) in [6.45, 7) is 10.5. The fourth-order valence-electron chi connectivity index (χ4n) is 3.73. The zero-order chi connectivity index (χ0) is 14.4. The molecule has 0 spiro atoms. The summed E-state index contributed by atoms with van der Waals surface area (Å²) in [4.78, 5) is 5.15. The molecule has 2 unspecified atom stereocenters. The van der Waals surface area contributed by atoms with Gasteiger partial charge in [0.1, 0.15) is 0 Å². The van der Waals surface area contributed by atoms with Crippen LogP contribution >= 0.6 is 0 Å². The van der Waals surface area contributed by atoms with Crippen LogP contribution in [0.15, 0.2) is 0 Å². The van der Waals surface area contributed by atoms with Gasteiger partial charge in [0, 0.05) is 31.2 Å². The third-order valence-electron chi connectivity index (χ3n) is 4.98. The van der Waals surface area contributed by atoms with Crippen LogP contribution in [-0.2, 0) is 0 Å². The van der Waals surface area contributed by atoms with E-state index in [1.54, 1.807) is 0 Å². The number of nitrogens with zero attached hydrogens (tertiary/aromatic N) is 2. The smallest absolute Gasteiger partial charge is 0.0558 e. The summed E-state index contributed by atoms with van der Waals surface area (Å²) in [5.41, 5.74) is 0. The SMILES string of the molecule is CC(C)N1CCCC(N(CCO)CC2CCCN2)CC1. The molecule has 0 aliphatic carbocycles. The van der Waals surface area contributed by atoms with E-state index >= 15 is 0 Å². The summed E-state index contributed by atoms with van der Waals surface area (Å²) in [5.74, 6) is 0. The van der Waals surface area contributed by atoms with Gasteiger partial charge in [-0.05, 0) is 65.6 Å². The molecule has 2 aliphatic rings. The van der Waals surface area contributed by atoms with Gasteiger partial charge in [-0.1, -0.05) is 0 Å². The zero-order valence-corrected chi connectivity index (χ0v) is 13.4. The first-order valence-electron chi connectivity index (χ1n) is 8.53. The van der Waals surface area contributed by atoms with Gasteiger partial charge in [0.25, 0.3) is 0 Å². The van der Waals surface area contributed by atoms with Crippen LogP contribution in [0.3, 0.4) is 0 Å². The normalized spacial score (nSPS) is 29.2. The van der Waals surface area contributed by atoms with Crippen molar-refractivity contribution >= 4 is 0 Å². The molecule has 2 saturated heterocycles. The number of likely N-dealkylation sites (tertiary alicyclic amines) is 1. The van der Waals surface area contributed by atoms with Crippen molar-refractivity contribution in [1.82, 2.24) is 15.1 Å². The molecule has 2 rings (SSSR count). The predicted octanol–water partition coefficient (Wildman–Crippen LogP) is 1.30. The largest absolute Gasteiger partial charge is 0.395 e. The molecular weight excluding hydrogens is 250 g/mol. The van der Waals surface area contributed by atoms with Crippen LogP contribution in [-0.4, -0.2) is 72.4 Å². The minimum atomic E-state index is 0.289. The van der Waals surface area contributed by atoms with Gasteiger partial charge in [0.15, 0.2) is 0 Å². The maximum atomic E-state index is 9.38. The van der Waals surface area contributed by atoms with E-state index in [0.29, 0.717) is 18.1 Å². The van der Waals surface area contributed by atoms with Crippen LogP contribution in [0.2, 0.25) is 0 Å². The van der Waals surface area contributed by atoms with Gasteiger partial charge in [-0.3, -0.25) is 4.90 Å². The van der Waals surface area contributed by atoms with Crippen molar-refractivity contribution in [1.29, 1.82) is 0 Å². The quantitative estimate of drug-likeness (QED) is 0.771. The Hall–Kier alpha value is -0.160. The summed E-state index contributed by atoms with van der Waals surface area (Å²) in [5, 5.41) is 13.0. The Morgan fingerprint density at radius 2 is 2.05 bits per heavy atom. The summed E-state index contributed by atoms with van der Waals surface area (Å²) >= 11 is 0. The van der Waals surface area contributed by atoms with Crippen LogP contribution in [0, 0.1) is 0 Å². The van der Waals surface area contributed by atoms with E-state index in [2.05, 4.69) is 29.0 Å². The minimum Gasteiger partial charge on any atom is -0.395 e. The number of nitrogens with one attached hydrogen (secondary N) is 1. The molecule has 2 aliphatic heterocycles. The molecule has 20 heavy (non-hydrogen) atoms. The zero-order valence-electron chi connectivity index (χ0n) is 13.4. The first-order chi connectivity index (χ1) is 9.70. The Labute approximate surface area is 124 Å². The second kappa shape index (κ2) is 8.32. The van der Waals surface area contributed by atoms with Crippen molar-refractivity contribution in [2.24, 2.45) is 0 Å². The third-order valence-corrected chi connectivity index (χ3v) is 4.98. The lowest BCUT2D eigenvalue weighted by atomic mass is 10.1. The van der Waals surface area contributed by atoms with Gasteiger partial charge in [-0.15, -0.1) is 0 Å². The van der Waals surface area contributed by atoms with Gasteiger partial charge in [-0.2, -0.15) is 0 Å². The average Bonchev–Trinajstić information content (AvgIpc) is 2.80. The maximum Gasteiger partial charge on any atom is 0.0558 e. The monoisotopic (exact) mass is 283 g/mol. The van der Waals surface area contributed by atoms with E-state index < -0.39 is 0 Å². The molecule has 0 amide bonds. The molecule has 2 fully saturated rings. The highest BCUT2D eigenvalue weighted by molar-refractivity contribution is 4.84. The van der Waals surface area contributed by atoms with Crippen LogP contribution < -0.4 is 5.32 Å². The number of aliphatic hydroxyl groups excluding tert-OH is 1. The van der Waals surface area contributed by atoms with Crippen molar-refractivity contribution in [2.75, 3.05) is 39.3 Å². The van der Waals surface area contributed by atoms with E-state index in [0.717, 1.165) is 13.1 Å². The fraction of sp³-hybridized carbons (Fsp3) is 1.00. The minimum absolute atomic E-state index is 0.289. The highest BCUT2D eigenvalue weighted by Gasteiger charge is 2.26. The first-order valence-corrected chi connectivity index (χ1v) is 8.53. The molecule has 118 valence electrons. The van der Waals surface area contributed by atoms with Crippen LogP contribution in [0.4, 0.5) is 0 Å². The van der Waals surface area contributed by atoms with Gasteiger partial charge >= 0.3 is 0 Å². The predicted molar refractivity (Wildman–Crippen MR) is 84.0 cm³/mol. The second-order valence-electron chi connectivity index (χ2n) is 6.73. The molecule has 0 aromatic carbocycles. The molecule has 0 saturated carbocycles. The maximum absolute atomic E-state index is 9.38. The fourth-order valence-corrected chi connectivity index (χ4v) is 3.73. The summed E-state index contributed by atoms with van der Waals surface area (Å²) < 4.78 is 0. The molecule has 2 atom stereocenters. The Balaban J connectivity index is 1.87. The lowest BCUT2D eigenvalue weighted by Crippen LogP contribution is -2.45. The molecule has 4 nitrogen and oxygen atoms in total. The standard InChI is InChI=1S/C16H33N3O/c1-14(2)18-9-4-6-16(7-10-18)19(11-12-20)13-15-5-3-8-17-15/h14-17,20H,3-13H2,1-2H3. The molecule has 0 radical (unpaired) electrons. The number of hydrogen-bond donors (Lipinski definition) is 2. The highest BCUT2D eigenvalue weighted by atomic mass is 16.3. The van der Waals surface area contributed by atoms with E-state index in [1.807, 2.05) is 0 Å². The summed E-state index contributed by atoms with van der Waals surface area (Å²) in [7, 11) is 0. The Morgan fingerprint density at radius 1 is 1.20 bits per heavy atom. The first kappa shape index (κ1) is 16.2. The van der Waals surface area contributed by atoms with Gasteiger partial charge in [0.05, 0.1) is 6.61 Å². The third kappa shape index (κ3) is 4.69.